The van der Waals surface area contributed by atoms with Crippen LogP contribution >= 0.6 is 11.8 Å². The molecule has 0 aliphatic heterocycles. The lowest BCUT2D eigenvalue weighted by Gasteiger charge is -2.07. The molecule has 2 aromatic carbocycles. The summed E-state index contributed by atoms with van der Waals surface area (Å²) in [5, 5.41) is 27.7. The molecule has 2 rings (SSSR count). The second kappa shape index (κ2) is 5.46. The first kappa shape index (κ1) is 13.0. The molecule has 0 heterocycles. The van der Waals surface area contributed by atoms with E-state index in [4.69, 9.17) is 10.4 Å². The summed E-state index contributed by atoms with van der Waals surface area (Å²) in [4.78, 5) is 12.1. The summed E-state index contributed by atoms with van der Waals surface area (Å²) in [5.41, 5.74) is 0.572. The number of carboxylic acids is 1. The van der Waals surface area contributed by atoms with Crippen molar-refractivity contribution in [3.63, 3.8) is 0 Å². The fourth-order valence-electron chi connectivity index (χ4n) is 1.52. The van der Waals surface area contributed by atoms with Crippen molar-refractivity contribution in [2.45, 2.75) is 9.79 Å². The van der Waals surface area contributed by atoms with Crippen LogP contribution in [0.3, 0.4) is 0 Å². The van der Waals surface area contributed by atoms with Crippen LogP contribution in [0, 0.1) is 11.3 Å². The monoisotopic (exact) mass is 271 g/mol. The first-order valence-electron chi connectivity index (χ1n) is 5.35. The summed E-state index contributed by atoms with van der Waals surface area (Å²) in [6, 6.07) is 12.9. The molecule has 0 aliphatic carbocycles. The number of hydrogen-bond acceptors (Lipinski definition) is 4. The molecule has 4 nitrogen and oxygen atoms in total. The Morgan fingerprint density at radius 2 is 1.89 bits per heavy atom. The molecule has 0 bridgehead atoms. The molecule has 0 spiro atoms. The molecule has 0 atom stereocenters. The Hall–Kier alpha value is -2.45. The molecular weight excluding hydrogens is 262 g/mol. The third kappa shape index (κ3) is 2.87. The largest absolute Gasteiger partial charge is 0.507 e. The van der Waals surface area contributed by atoms with Crippen LogP contribution in [0.25, 0.3) is 0 Å². The number of carbonyl (C=O) groups is 1. The Morgan fingerprint density at radius 1 is 1.16 bits per heavy atom. The summed E-state index contributed by atoms with van der Waals surface area (Å²) in [6.07, 6.45) is 0. The van der Waals surface area contributed by atoms with Crippen LogP contribution in [0.15, 0.2) is 52.3 Å². The van der Waals surface area contributed by atoms with E-state index in [1.54, 1.807) is 18.2 Å². The quantitative estimate of drug-likeness (QED) is 0.896. The van der Waals surface area contributed by atoms with E-state index in [2.05, 4.69) is 0 Å². The van der Waals surface area contributed by atoms with Crippen LogP contribution in [-0.2, 0) is 0 Å². The number of hydrogen-bond donors (Lipinski definition) is 2. The van der Waals surface area contributed by atoms with Crippen molar-refractivity contribution in [2.75, 3.05) is 0 Å². The zero-order valence-corrected chi connectivity index (χ0v) is 10.5. The molecule has 0 aromatic heterocycles. The number of aromatic carboxylic acids is 1. The van der Waals surface area contributed by atoms with Crippen molar-refractivity contribution in [2.24, 2.45) is 0 Å². The van der Waals surface area contributed by atoms with Gasteiger partial charge in [0.15, 0.2) is 0 Å². The van der Waals surface area contributed by atoms with E-state index in [1.165, 1.54) is 24.3 Å². The lowest BCUT2D eigenvalue weighted by molar-refractivity contribution is 0.0693. The molecule has 5 heteroatoms. The van der Waals surface area contributed by atoms with Gasteiger partial charge in [-0.25, -0.2) is 4.79 Å². The number of phenols is 1. The van der Waals surface area contributed by atoms with Gasteiger partial charge in [0.05, 0.1) is 22.1 Å². The highest BCUT2D eigenvalue weighted by Gasteiger charge is 2.12. The second-order valence-electron chi connectivity index (χ2n) is 3.70. The first-order chi connectivity index (χ1) is 9.11. The minimum absolute atomic E-state index is 0.0178. The van der Waals surface area contributed by atoms with Gasteiger partial charge in [-0.3, -0.25) is 0 Å². The highest BCUT2D eigenvalue weighted by molar-refractivity contribution is 7.99. The third-order valence-electron chi connectivity index (χ3n) is 2.43. The fourth-order valence-corrected chi connectivity index (χ4v) is 2.52. The van der Waals surface area contributed by atoms with Crippen LogP contribution in [-0.4, -0.2) is 16.2 Å². The summed E-state index contributed by atoms with van der Waals surface area (Å²) in [6.45, 7) is 0. The summed E-state index contributed by atoms with van der Waals surface area (Å²) >= 11 is 1.12. The lowest BCUT2D eigenvalue weighted by atomic mass is 10.2. The van der Waals surface area contributed by atoms with Crippen molar-refractivity contribution >= 4 is 17.7 Å². The number of phenolic OH excluding ortho intramolecular Hbond substituents is 1. The third-order valence-corrected chi connectivity index (χ3v) is 3.55. The SMILES string of the molecule is N#Cc1ccc(O)c(Sc2ccccc2C(=O)O)c1. The number of rotatable bonds is 3. The number of carboxylic acid groups (broad SMARTS) is 1. The summed E-state index contributed by atoms with van der Waals surface area (Å²) in [7, 11) is 0. The van der Waals surface area contributed by atoms with Crippen molar-refractivity contribution in [1.82, 2.24) is 0 Å². The highest BCUT2D eigenvalue weighted by atomic mass is 32.2. The van der Waals surface area contributed by atoms with E-state index >= 15 is 0 Å². The predicted molar refractivity (Wildman–Crippen MR) is 70.3 cm³/mol. The zero-order chi connectivity index (χ0) is 13.8. The normalized spacial score (nSPS) is 9.84. The fraction of sp³-hybridized carbons (Fsp3) is 0. The predicted octanol–water partition coefficient (Wildman–Crippen LogP) is 3.11. The Kier molecular flexibility index (Phi) is 3.74. The van der Waals surface area contributed by atoms with Gasteiger partial charge in [0.2, 0.25) is 0 Å². The maximum Gasteiger partial charge on any atom is 0.336 e. The van der Waals surface area contributed by atoms with Gasteiger partial charge >= 0.3 is 5.97 Å². The van der Waals surface area contributed by atoms with Crippen molar-refractivity contribution in [3.8, 4) is 11.8 Å². The van der Waals surface area contributed by atoms with E-state index in [1.807, 2.05) is 6.07 Å². The smallest absolute Gasteiger partial charge is 0.336 e. The van der Waals surface area contributed by atoms with Gasteiger partial charge in [0.1, 0.15) is 5.75 Å². The van der Waals surface area contributed by atoms with Gasteiger partial charge in [-0.1, -0.05) is 23.9 Å². The number of nitrogens with zero attached hydrogens (tertiary/aromatic N) is 1. The number of benzene rings is 2. The number of aromatic hydroxyl groups is 1. The summed E-state index contributed by atoms with van der Waals surface area (Å²) < 4.78 is 0. The van der Waals surface area contributed by atoms with Crippen molar-refractivity contribution in [1.29, 1.82) is 5.26 Å². The highest BCUT2D eigenvalue weighted by Crippen LogP contribution is 2.36. The molecule has 0 fully saturated rings. The zero-order valence-electron chi connectivity index (χ0n) is 9.70. The van der Waals surface area contributed by atoms with Gasteiger partial charge in [-0.2, -0.15) is 5.26 Å². The Morgan fingerprint density at radius 3 is 2.58 bits per heavy atom. The van der Waals surface area contributed by atoms with Crippen LogP contribution in [0.2, 0.25) is 0 Å². The minimum atomic E-state index is -1.03. The molecule has 0 amide bonds. The molecular formula is C14H9NO3S. The summed E-state index contributed by atoms with van der Waals surface area (Å²) in [5.74, 6) is -1.01. The van der Waals surface area contributed by atoms with Gasteiger partial charge in [0, 0.05) is 4.90 Å². The first-order valence-corrected chi connectivity index (χ1v) is 6.17. The van der Waals surface area contributed by atoms with Crippen LogP contribution in [0.4, 0.5) is 0 Å². The lowest BCUT2D eigenvalue weighted by Crippen LogP contribution is -1.98. The van der Waals surface area contributed by atoms with E-state index in [0.29, 0.717) is 15.4 Å². The van der Waals surface area contributed by atoms with E-state index < -0.39 is 5.97 Å². The molecule has 0 saturated carbocycles. The molecule has 0 saturated heterocycles. The Labute approximate surface area is 113 Å². The second-order valence-corrected chi connectivity index (χ2v) is 4.78. The molecule has 2 N–H and O–H groups in total. The molecule has 2 aromatic rings. The topological polar surface area (TPSA) is 81.3 Å². The van der Waals surface area contributed by atoms with E-state index in [0.717, 1.165) is 11.8 Å². The molecule has 0 aliphatic rings. The van der Waals surface area contributed by atoms with Crippen LogP contribution < -0.4 is 0 Å². The molecule has 0 unspecified atom stereocenters. The van der Waals surface area contributed by atoms with Gasteiger partial charge in [-0.15, -0.1) is 0 Å². The van der Waals surface area contributed by atoms with Crippen molar-refractivity contribution in [3.05, 3.63) is 53.6 Å². The minimum Gasteiger partial charge on any atom is -0.507 e. The molecule has 0 radical (unpaired) electrons. The van der Waals surface area contributed by atoms with Crippen molar-refractivity contribution < 1.29 is 15.0 Å². The average molecular weight is 271 g/mol. The molecule has 19 heavy (non-hydrogen) atoms. The maximum atomic E-state index is 11.1. The maximum absolute atomic E-state index is 11.1. The van der Waals surface area contributed by atoms with Gasteiger partial charge in [0.25, 0.3) is 0 Å². The van der Waals surface area contributed by atoms with Crippen LogP contribution in [0.5, 0.6) is 5.75 Å². The van der Waals surface area contributed by atoms with Crippen LogP contribution in [0.1, 0.15) is 15.9 Å². The average Bonchev–Trinajstić information content (AvgIpc) is 2.41. The Balaban J connectivity index is 2.42. The molecule has 94 valence electrons. The number of nitriles is 1. The van der Waals surface area contributed by atoms with E-state index in [9.17, 15) is 9.90 Å². The van der Waals surface area contributed by atoms with Gasteiger partial charge in [-0.05, 0) is 30.3 Å². The standard InChI is InChI=1S/C14H9NO3S/c15-8-9-5-6-11(16)13(7-9)19-12-4-2-1-3-10(12)14(17)18/h1-7,16H,(H,17,18). The van der Waals surface area contributed by atoms with Gasteiger partial charge < -0.3 is 10.2 Å². The van der Waals surface area contributed by atoms with E-state index in [-0.39, 0.29) is 11.3 Å². The Bertz CT molecular complexity index is 677.